The van der Waals surface area contributed by atoms with E-state index in [1.165, 1.54) is 6.33 Å². The van der Waals surface area contributed by atoms with Gasteiger partial charge in [-0.2, -0.15) is 0 Å². The number of anilines is 2. The minimum atomic E-state index is -0.404. The lowest BCUT2D eigenvalue weighted by Gasteiger charge is -2.09. The number of hydrogen-bond acceptors (Lipinski definition) is 4. The maximum Gasteiger partial charge on any atom is 0.134 e. The molecule has 0 amide bonds. The van der Waals surface area contributed by atoms with Gasteiger partial charge in [-0.15, -0.1) is 0 Å². The largest absolute Gasteiger partial charge is 0.373 e. The van der Waals surface area contributed by atoms with Gasteiger partial charge in [0.15, 0.2) is 0 Å². The van der Waals surface area contributed by atoms with Gasteiger partial charge in [-0.1, -0.05) is 0 Å². The molecule has 1 rings (SSSR count). The maximum absolute atomic E-state index is 11.9. The molecule has 0 atom stereocenters. The minimum Gasteiger partial charge on any atom is -0.373 e. The van der Waals surface area contributed by atoms with E-state index >= 15 is 0 Å². The lowest BCUT2D eigenvalue weighted by Crippen LogP contribution is -2.08. The first kappa shape index (κ1) is 9.70. The number of halogens is 1. The van der Waals surface area contributed by atoms with Crippen molar-refractivity contribution in [3.8, 4) is 0 Å². The van der Waals surface area contributed by atoms with E-state index in [0.717, 1.165) is 11.4 Å². The van der Waals surface area contributed by atoms with Gasteiger partial charge in [0.2, 0.25) is 0 Å². The Labute approximate surface area is 76.6 Å². The summed E-state index contributed by atoms with van der Waals surface area (Å²) >= 11 is 0. The van der Waals surface area contributed by atoms with Gasteiger partial charge >= 0.3 is 0 Å². The molecule has 0 saturated carbocycles. The summed E-state index contributed by atoms with van der Waals surface area (Å²) in [7, 11) is 1.79. The quantitative estimate of drug-likeness (QED) is 0.738. The molecule has 0 unspecified atom stereocenters. The highest BCUT2D eigenvalue weighted by Crippen LogP contribution is 2.16. The van der Waals surface area contributed by atoms with E-state index in [-0.39, 0.29) is 6.54 Å². The maximum atomic E-state index is 11.9. The third kappa shape index (κ3) is 2.27. The summed E-state index contributed by atoms with van der Waals surface area (Å²) < 4.78 is 11.9. The van der Waals surface area contributed by atoms with Crippen molar-refractivity contribution >= 4 is 11.6 Å². The lowest BCUT2D eigenvalue weighted by atomic mass is 10.3. The van der Waals surface area contributed by atoms with Crippen molar-refractivity contribution in [1.29, 1.82) is 0 Å². The Kier molecular flexibility index (Phi) is 3.42. The van der Waals surface area contributed by atoms with Crippen LogP contribution in [0.15, 0.2) is 6.33 Å². The van der Waals surface area contributed by atoms with E-state index in [9.17, 15) is 4.39 Å². The highest BCUT2D eigenvalue weighted by molar-refractivity contribution is 5.55. The Morgan fingerprint density at radius 2 is 2.08 bits per heavy atom. The van der Waals surface area contributed by atoms with Crippen LogP contribution in [-0.4, -0.2) is 30.2 Å². The van der Waals surface area contributed by atoms with Crippen LogP contribution >= 0.6 is 0 Å². The monoisotopic (exact) mass is 184 g/mol. The molecule has 0 bridgehead atoms. The van der Waals surface area contributed by atoms with Gasteiger partial charge in [0.25, 0.3) is 0 Å². The van der Waals surface area contributed by atoms with Crippen molar-refractivity contribution in [3.63, 3.8) is 0 Å². The summed E-state index contributed by atoms with van der Waals surface area (Å²) in [6.07, 6.45) is 1.44. The van der Waals surface area contributed by atoms with Crippen LogP contribution in [0.2, 0.25) is 0 Å². The van der Waals surface area contributed by atoms with E-state index < -0.39 is 6.67 Å². The van der Waals surface area contributed by atoms with Crippen LogP contribution < -0.4 is 10.6 Å². The zero-order valence-electron chi connectivity index (χ0n) is 7.76. The van der Waals surface area contributed by atoms with Gasteiger partial charge in [0.05, 0.1) is 0 Å². The number of hydrogen-bond donors (Lipinski definition) is 2. The molecule has 0 fully saturated rings. The molecule has 0 aliphatic heterocycles. The second-order valence-corrected chi connectivity index (χ2v) is 2.56. The van der Waals surface area contributed by atoms with E-state index in [4.69, 9.17) is 0 Å². The second kappa shape index (κ2) is 4.59. The Bertz CT molecular complexity index is 277. The van der Waals surface area contributed by atoms with E-state index in [1.807, 2.05) is 6.92 Å². The molecule has 2 N–H and O–H groups in total. The topological polar surface area (TPSA) is 49.8 Å². The number of aromatic nitrogens is 2. The van der Waals surface area contributed by atoms with Crippen LogP contribution in [0.25, 0.3) is 0 Å². The van der Waals surface area contributed by atoms with Gasteiger partial charge in [0.1, 0.15) is 24.6 Å². The van der Waals surface area contributed by atoms with Crippen LogP contribution in [0.4, 0.5) is 16.0 Å². The first-order chi connectivity index (χ1) is 6.29. The predicted octanol–water partition coefficient (Wildman–Crippen LogP) is 1.21. The Morgan fingerprint density at radius 1 is 1.38 bits per heavy atom. The molecule has 0 radical (unpaired) electrons. The van der Waals surface area contributed by atoms with Gasteiger partial charge in [-0.25, -0.2) is 14.4 Å². The van der Waals surface area contributed by atoms with Gasteiger partial charge in [0, 0.05) is 19.2 Å². The summed E-state index contributed by atoms with van der Waals surface area (Å²) in [4.78, 5) is 8.01. The molecular formula is C8H13FN4. The molecule has 0 spiro atoms. The first-order valence-corrected chi connectivity index (χ1v) is 4.08. The summed E-state index contributed by atoms with van der Waals surface area (Å²) in [5.74, 6) is 1.44. The van der Waals surface area contributed by atoms with E-state index in [2.05, 4.69) is 20.6 Å². The standard InChI is InChI=1S/C8H13FN4/c1-6-7(10-2)12-5-13-8(6)11-4-3-9/h5H,3-4H2,1-2H3,(H2,10,11,12,13). The van der Waals surface area contributed by atoms with Crippen molar-refractivity contribution in [2.75, 3.05) is 30.9 Å². The van der Waals surface area contributed by atoms with E-state index in [1.54, 1.807) is 7.05 Å². The number of nitrogens with one attached hydrogen (secondary N) is 2. The molecule has 0 aliphatic rings. The molecule has 5 heteroatoms. The Balaban J connectivity index is 2.81. The predicted molar refractivity (Wildman–Crippen MR) is 50.8 cm³/mol. The fraction of sp³-hybridized carbons (Fsp3) is 0.500. The molecule has 72 valence electrons. The molecule has 1 heterocycles. The summed E-state index contributed by atoms with van der Waals surface area (Å²) in [5.41, 5.74) is 0.901. The van der Waals surface area contributed by atoms with Gasteiger partial charge in [-0.05, 0) is 6.92 Å². The average molecular weight is 184 g/mol. The Hall–Kier alpha value is -1.39. The SMILES string of the molecule is CNc1ncnc(NCCF)c1C. The number of nitrogens with zero attached hydrogens (tertiary/aromatic N) is 2. The lowest BCUT2D eigenvalue weighted by molar-refractivity contribution is 0.512. The highest BCUT2D eigenvalue weighted by atomic mass is 19.1. The van der Waals surface area contributed by atoms with Crippen molar-refractivity contribution in [1.82, 2.24) is 9.97 Å². The zero-order valence-corrected chi connectivity index (χ0v) is 7.76. The van der Waals surface area contributed by atoms with E-state index in [0.29, 0.717) is 5.82 Å². The molecule has 1 aromatic rings. The summed E-state index contributed by atoms with van der Waals surface area (Å²) in [6, 6.07) is 0. The average Bonchev–Trinajstić information content (AvgIpc) is 2.16. The Morgan fingerprint density at radius 3 is 2.69 bits per heavy atom. The number of rotatable bonds is 4. The molecule has 4 nitrogen and oxygen atoms in total. The summed E-state index contributed by atoms with van der Waals surface area (Å²) in [5, 5.41) is 5.80. The third-order valence-electron chi connectivity index (χ3n) is 1.71. The minimum absolute atomic E-state index is 0.279. The second-order valence-electron chi connectivity index (χ2n) is 2.56. The van der Waals surface area contributed by atoms with Gasteiger partial charge in [-0.3, -0.25) is 0 Å². The normalized spacial score (nSPS) is 9.77. The fourth-order valence-electron chi connectivity index (χ4n) is 1.05. The fourth-order valence-corrected chi connectivity index (χ4v) is 1.05. The van der Waals surface area contributed by atoms with Crippen molar-refractivity contribution in [2.24, 2.45) is 0 Å². The third-order valence-corrected chi connectivity index (χ3v) is 1.71. The van der Waals surface area contributed by atoms with Gasteiger partial charge < -0.3 is 10.6 Å². The van der Waals surface area contributed by atoms with Crippen molar-refractivity contribution in [2.45, 2.75) is 6.92 Å². The van der Waals surface area contributed by atoms with Crippen LogP contribution in [0.3, 0.4) is 0 Å². The smallest absolute Gasteiger partial charge is 0.134 e. The van der Waals surface area contributed by atoms with Crippen LogP contribution in [0, 0.1) is 6.92 Å². The molecule has 0 aliphatic carbocycles. The zero-order chi connectivity index (χ0) is 9.68. The molecule has 0 saturated heterocycles. The highest BCUT2D eigenvalue weighted by Gasteiger charge is 2.03. The van der Waals surface area contributed by atoms with Crippen LogP contribution in [-0.2, 0) is 0 Å². The van der Waals surface area contributed by atoms with Crippen molar-refractivity contribution < 1.29 is 4.39 Å². The number of alkyl halides is 1. The van der Waals surface area contributed by atoms with Crippen LogP contribution in [0.1, 0.15) is 5.56 Å². The molecule has 1 aromatic heterocycles. The molecule has 0 aromatic carbocycles. The van der Waals surface area contributed by atoms with Crippen molar-refractivity contribution in [3.05, 3.63) is 11.9 Å². The summed E-state index contributed by atoms with van der Waals surface area (Å²) in [6.45, 7) is 1.76. The van der Waals surface area contributed by atoms with Crippen LogP contribution in [0.5, 0.6) is 0 Å². The molecule has 13 heavy (non-hydrogen) atoms. The first-order valence-electron chi connectivity index (χ1n) is 4.08. The molecular weight excluding hydrogens is 171 g/mol.